The summed E-state index contributed by atoms with van der Waals surface area (Å²) in [5.41, 5.74) is -0.0271. The number of carbonyl (C=O) groups is 2. The van der Waals surface area contributed by atoms with E-state index in [1.165, 1.54) is 48.5 Å². The third-order valence-corrected chi connectivity index (χ3v) is 5.04. The number of nitro groups is 2. The molecule has 2 amide bonds. The second-order valence-electron chi connectivity index (χ2n) is 7.06. The van der Waals surface area contributed by atoms with Gasteiger partial charge in [-0.2, -0.15) is 0 Å². The Morgan fingerprint density at radius 1 is 0.767 bits per heavy atom. The highest BCUT2D eigenvalue weighted by Gasteiger charge is 2.29. The highest BCUT2D eigenvalue weighted by molar-refractivity contribution is 5.96. The molecule has 1 saturated carbocycles. The molecule has 0 heterocycles. The molecule has 1 fully saturated rings. The first-order valence-electron chi connectivity index (χ1n) is 9.46. The molecule has 2 atom stereocenters. The number of benzene rings is 2. The summed E-state index contributed by atoms with van der Waals surface area (Å²) >= 11 is 0. The van der Waals surface area contributed by atoms with Gasteiger partial charge in [0.15, 0.2) is 0 Å². The standard InChI is InChI=1S/C20H20N4O6/c25-19(13-5-3-7-15(11-13)23(27)28)21-17-9-1-2-10-18(17)22-20(26)14-6-4-8-16(12-14)24(29)30/h3-8,11-12,17-18H,1-2,9-10H2,(H,21,25)(H,22,26)/t17-,18+. The first kappa shape index (κ1) is 20.9. The maximum atomic E-state index is 12.6. The Balaban J connectivity index is 1.70. The van der Waals surface area contributed by atoms with E-state index in [0.717, 1.165) is 12.8 Å². The van der Waals surface area contributed by atoms with Crippen molar-refractivity contribution < 1.29 is 19.4 Å². The van der Waals surface area contributed by atoms with E-state index in [4.69, 9.17) is 0 Å². The minimum atomic E-state index is -0.570. The summed E-state index contributed by atoms with van der Waals surface area (Å²) in [4.78, 5) is 45.9. The molecule has 1 aliphatic carbocycles. The number of hydrogen-bond acceptors (Lipinski definition) is 6. The first-order valence-corrected chi connectivity index (χ1v) is 9.46. The molecule has 2 aromatic carbocycles. The second kappa shape index (κ2) is 9.12. The number of carbonyl (C=O) groups excluding carboxylic acids is 2. The predicted octanol–water partition coefficient (Wildman–Crippen LogP) is 2.97. The molecular formula is C20H20N4O6. The van der Waals surface area contributed by atoms with Gasteiger partial charge in [0.25, 0.3) is 23.2 Å². The third-order valence-electron chi connectivity index (χ3n) is 5.04. The van der Waals surface area contributed by atoms with Gasteiger partial charge in [-0.05, 0) is 25.0 Å². The maximum absolute atomic E-state index is 12.6. The van der Waals surface area contributed by atoms with Crippen LogP contribution in [0.25, 0.3) is 0 Å². The van der Waals surface area contributed by atoms with Gasteiger partial charge in [0.05, 0.1) is 9.85 Å². The lowest BCUT2D eigenvalue weighted by atomic mass is 9.89. The summed E-state index contributed by atoms with van der Waals surface area (Å²) in [5, 5.41) is 27.6. The normalized spacial score (nSPS) is 18.3. The van der Waals surface area contributed by atoms with Crippen LogP contribution >= 0.6 is 0 Å². The summed E-state index contributed by atoms with van der Waals surface area (Å²) in [6.45, 7) is 0. The smallest absolute Gasteiger partial charge is 0.270 e. The van der Waals surface area contributed by atoms with Crippen molar-refractivity contribution in [2.24, 2.45) is 0 Å². The van der Waals surface area contributed by atoms with Gasteiger partial charge < -0.3 is 10.6 Å². The number of rotatable bonds is 6. The van der Waals surface area contributed by atoms with Crippen LogP contribution in [0, 0.1) is 20.2 Å². The first-order chi connectivity index (χ1) is 14.3. The van der Waals surface area contributed by atoms with Gasteiger partial charge in [0, 0.05) is 47.5 Å². The van der Waals surface area contributed by atoms with E-state index in [-0.39, 0.29) is 34.6 Å². The molecule has 1 aliphatic rings. The van der Waals surface area contributed by atoms with Crippen LogP contribution in [-0.2, 0) is 0 Å². The number of hydrogen-bond donors (Lipinski definition) is 2. The molecule has 2 N–H and O–H groups in total. The van der Waals surface area contributed by atoms with Crippen molar-refractivity contribution in [3.05, 3.63) is 79.9 Å². The van der Waals surface area contributed by atoms with Crippen molar-refractivity contribution in [2.75, 3.05) is 0 Å². The summed E-state index contributed by atoms with van der Waals surface area (Å²) in [5.74, 6) is -0.916. The number of non-ortho nitro benzene ring substituents is 2. The zero-order valence-electron chi connectivity index (χ0n) is 15.9. The molecule has 0 saturated heterocycles. The number of nitro benzene ring substituents is 2. The fourth-order valence-corrected chi connectivity index (χ4v) is 3.50. The lowest BCUT2D eigenvalue weighted by Crippen LogP contribution is -2.53. The number of nitrogens with zero attached hydrogens (tertiary/aromatic N) is 2. The van der Waals surface area contributed by atoms with Crippen LogP contribution in [0.5, 0.6) is 0 Å². The summed E-state index contributed by atoms with van der Waals surface area (Å²) in [7, 11) is 0. The average molecular weight is 412 g/mol. The van der Waals surface area contributed by atoms with Crippen LogP contribution in [-0.4, -0.2) is 33.7 Å². The molecule has 2 aromatic rings. The summed E-state index contributed by atoms with van der Waals surface area (Å²) < 4.78 is 0. The van der Waals surface area contributed by atoms with E-state index in [9.17, 15) is 29.8 Å². The molecule has 0 aliphatic heterocycles. The van der Waals surface area contributed by atoms with Crippen LogP contribution in [0.15, 0.2) is 48.5 Å². The topological polar surface area (TPSA) is 144 Å². The summed E-state index contributed by atoms with van der Waals surface area (Å²) in [6.07, 6.45) is 3.01. The van der Waals surface area contributed by atoms with Gasteiger partial charge in [-0.3, -0.25) is 29.8 Å². The Bertz CT molecular complexity index is 913. The third kappa shape index (κ3) is 4.96. The van der Waals surface area contributed by atoms with Crippen molar-refractivity contribution >= 4 is 23.2 Å². The van der Waals surface area contributed by atoms with Crippen molar-refractivity contribution in [1.29, 1.82) is 0 Å². The lowest BCUT2D eigenvalue weighted by Gasteiger charge is -2.32. The number of nitrogens with one attached hydrogen (secondary N) is 2. The molecule has 0 bridgehead atoms. The Labute approximate surface area is 171 Å². The highest BCUT2D eigenvalue weighted by Crippen LogP contribution is 2.21. The van der Waals surface area contributed by atoms with E-state index >= 15 is 0 Å². The van der Waals surface area contributed by atoms with Gasteiger partial charge in [0.2, 0.25) is 0 Å². The van der Waals surface area contributed by atoms with Gasteiger partial charge in [-0.15, -0.1) is 0 Å². The monoisotopic (exact) mass is 412 g/mol. The molecule has 10 nitrogen and oxygen atoms in total. The molecule has 156 valence electrons. The Kier molecular flexibility index (Phi) is 6.35. The van der Waals surface area contributed by atoms with Gasteiger partial charge in [-0.1, -0.05) is 25.0 Å². The molecule has 30 heavy (non-hydrogen) atoms. The van der Waals surface area contributed by atoms with E-state index in [1.807, 2.05) is 0 Å². The molecule has 0 aromatic heterocycles. The van der Waals surface area contributed by atoms with Gasteiger partial charge in [-0.25, -0.2) is 0 Å². The summed E-state index contributed by atoms with van der Waals surface area (Å²) in [6, 6.07) is 10.2. The Hall–Kier alpha value is -3.82. The van der Waals surface area contributed by atoms with Crippen molar-refractivity contribution in [3.63, 3.8) is 0 Å². The predicted molar refractivity (Wildman–Crippen MR) is 107 cm³/mol. The fraction of sp³-hybridized carbons (Fsp3) is 0.300. The second-order valence-corrected chi connectivity index (χ2v) is 7.06. The minimum Gasteiger partial charge on any atom is -0.347 e. The zero-order valence-corrected chi connectivity index (χ0v) is 15.9. The van der Waals surface area contributed by atoms with Gasteiger partial charge in [0.1, 0.15) is 0 Å². The molecule has 0 spiro atoms. The van der Waals surface area contributed by atoms with Crippen LogP contribution in [0.1, 0.15) is 46.4 Å². The Morgan fingerprint density at radius 2 is 1.17 bits per heavy atom. The molecule has 0 unspecified atom stereocenters. The van der Waals surface area contributed by atoms with E-state index < -0.39 is 21.7 Å². The average Bonchev–Trinajstić information content (AvgIpc) is 2.75. The van der Waals surface area contributed by atoms with E-state index in [1.54, 1.807) is 0 Å². The van der Waals surface area contributed by atoms with Gasteiger partial charge >= 0.3 is 0 Å². The van der Waals surface area contributed by atoms with Crippen LogP contribution in [0.3, 0.4) is 0 Å². The van der Waals surface area contributed by atoms with E-state index in [2.05, 4.69) is 10.6 Å². The molecule has 3 rings (SSSR count). The van der Waals surface area contributed by atoms with Crippen LogP contribution in [0.2, 0.25) is 0 Å². The van der Waals surface area contributed by atoms with E-state index in [0.29, 0.717) is 12.8 Å². The SMILES string of the molecule is O=C(N[C@H]1CCCC[C@H]1NC(=O)c1cccc([N+](=O)[O-])c1)c1cccc([N+](=O)[O-])c1. The zero-order chi connectivity index (χ0) is 21.7. The highest BCUT2D eigenvalue weighted by atomic mass is 16.6. The van der Waals surface area contributed by atoms with Crippen molar-refractivity contribution in [3.8, 4) is 0 Å². The Morgan fingerprint density at radius 3 is 1.53 bits per heavy atom. The molecular weight excluding hydrogens is 392 g/mol. The quantitative estimate of drug-likeness (QED) is 0.551. The van der Waals surface area contributed by atoms with Crippen molar-refractivity contribution in [2.45, 2.75) is 37.8 Å². The van der Waals surface area contributed by atoms with Crippen LogP contribution in [0.4, 0.5) is 11.4 Å². The number of amides is 2. The minimum absolute atomic E-state index is 0.165. The van der Waals surface area contributed by atoms with Crippen LogP contribution < -0.4 is 10.6 Å². The molecule has 10 heteroatoms. The fourth-order valence-electron chi connectivity index (χ4n) is 3.50. The molecule has 0 radical (unpaired) electrons. The largest absolute Gasteiger partial charge is 0.347 e. The lowest BCUT2D eigenvalue weighted by molar-refractivity contribution is -0.385. The van der Waals surface area contributed by atoms with Crippen molar-refractivity contribution in [1.82, 2.24) is 10.6 Å². The maximum Gasteiger partial charge on any atom is 0.270 e.